The van der Waals surface area contributed by atoms with Crippen LogP contribution < -0.4 is 10.1 Å². The van der Waals surface area contributed by atoms with Crippen LogP contribution in [0.1, 0.15) is 34.1 Å². The zero-order chi connectivity index (χ0) is 15.8. The first-order valence-electron chi connectivity index (χ1n) is 7.45. The average molecular weight is 311 g/mol. The summed E-state index contributed by atoms with van der Waals surface area (Å²) >= 11 is 0. The fourth-order valence-electron chi connectivity index (χ4n) is 2.72. The van der Waals surface area contributed by atoms with Crippen molar-refractivity contribution < 1.29 is 13.2 Å². The van der Waals surface area contributed by atoms with Crippen LogP contribution in [0, 0.1) is 11.8 Å². The molecular formula is C16H25NO3S. The van der Waals surface area contributed by atoms with Gasteiger partial charge in [-0.15, -0.1) is 0 Å². The van der Waals surface area contributed by atoms with E-state index in [0.29, 0.717) is 16.7 Å². The van der Waals surface area contributed by atoms with E-state index in [1.165, 1.54) is 6.26 Å². The minimum absolute atomic E-state index is 0.113. The van der Waals surface area contributed by atoms with Crippen molar-refractivity contribution in [1.29, 1.82) is 0 Å². The maximum absolute atomic E-state index is 11.7. The zero-order valence-corrected chi connectivity index (χ0v) is 14.2. The molecule has 0 amide bonds. The molecule has 0 aromatic heterocycles. The summed E-state index contributed by atoms with van der Waals surface area (Å²) in [5, 5.41) is 3.47. The van der Waals surface area contributed by atoms with E-state index in [1.807, 2.05) is 0 Å². The van der Waals surface area contributed by atoms with Crippen LogP contribution in [-0.4, -0.2) is 26.8 Å². The van der Waals surface area contributed by atoms with Crippen LogP contribution in [0.25, 0.3) is 0 Å². The number of hydrogen-bond acceptors (Lipinski definition) is 4. The lowest BCUT2D eigenvalue weighted by atomic mass is 9.91. The molecule has 2 rings (SSSR count). The Bertz CT molecular complexity index is 608. The summed E-state index contributed by atoms with van der Waals surface area (Å²) in [4.78, 5) is 0.321. The maximum Gasteiger partial charge on any atom is 0.175 e. The first-order valence-corrected chi connectivity index (χ1v) is 9.35. The molecule has 1 aliphatic heterocycles. The third-order valence-electron chi connectivity index (χ3n) is 3.80. The van der Waals surface area contributed by atoms with Gasteiger partial charge in [-0.2, -0.15) is 0 Å². The smallest absolute Gasteiger partial charge is 0.175 e. The van der Waals surface area contributed by atoms with Crippen LogP contribution in [0.15, 0.2) is 23.1 Å². The maximum atomic E-state index is 11.7. The predicted octanol–water partition coefficient (Wildman–Crippen LogP) is 3.33. The number of benzene rings is 1. The van der Waals surface area contributed by atoms with Gasteiger partial charge in [0, 0.05) is 6.26 Å². The van der Waals surface area contributed by atoms with Gasteiger partial charge in [-0.25, -0.2) is 8.42 Å². The summed E-state index contributed by atoms with van der Waals surface area (Å²) in [5.41, 5.74) is 0.775. The van der Waals surface area contributed by atoms with Crippen LogP contribution in [-0.2, 0) is 9.84 Å². The minimum Gasteiger partial charge on any atom is -0.486 e. The molecule has 118 valence electrons. The van der Waals surface area contributed by atoms with Crippen molar-refractivity contribution in [2.75, 3.05) is 11.6 Å². The molecule has 2 unspecified atom stereocenters. The first-order chi connectivity index (χ1) is 9.68. The van der Waals surface area contributed by atoms with Gasteiger partial charge in [-0.3, -0.25) is 0 Å². The SMILES string of the molecule is CC(C)CC1Oc2ccc(S(C)(=O)=O)cc2NC1C(C)C. The Morgan fingerprint density at radius 3 is 2.43 bits per heavy atom. The molecule has 0 fully saturated rings. The molecule has 1 heterocycles. The third kappa shape index (κ3) is 3.70. The number of hydrogen-bond donors (Lipinski definition) is 1. The van der Waals surface area contributed by atoms with Gasteiger partial charge in [0.2, 0.25) is 0 Å². The average Bonchev–Trinajstić information content (AvgIpc) is 2.35. The Kier molecular flexibility index (Phi) is 4.51. The summed E-state index contributed by atoms with van der Waals surface area (Å²) in [5.74, 6) is 1.70. The molecule has 4 nitrogen and oxygen atoms in total. The molecule has 0 bridgehead atoms. The van der Waals surface area contributed by atoms with Gasteiger partial charge < -0.3 is 10.1 Å². The molecule has 21 heavy (non-hydrogen) atoms. The lowest BCUT2D eigenvalue weighted by Gasteiger charge is -2.38. The van der Waals surface area contributed by atoms with Crippen molar-refractivity contribution in [2.24, 2.45) is 11.8 Å². The fraction of sp³-hybridized carbons (Fsp3) is 0.625. The molecule has 1 aromatic rings. The topological polar surface area (TPSA) is 55.4 Å². The molecule has 1 aliphatic rings. The Balaban J connectivity index is 2.35. The van der Waals surface area contributed by atoms with E-state index in [0.717, 1.165) is 17.9 Å². The number of rotatable bonds is 4. The highest BCUT2D eigenvalue weighted by Gasteiger charge is 2.32. The number of nitrogens with one attached hydrogen (secondary N) is 1. The summed E-state index contributed by atoms with van der Waals surface area (Å²) in [7, 11) is -3.20. The van der Waals surface area contributed by atoms with E-state index in [2.05, 4.69) is 33.0 Å². The Labute approximate surface area is 127 Å². The molecule has 0 saturated heterocycles. The van der Waals surface area contributed by atoms with Crippen molar-refractivity contribution in [3.8, 4) is 5.75 Å². The highest BCUT2D eigenvalue weighted by Crippen LogP contribution is 2.36. The second-order valence-corrected chi connectivity index (χ2v) is 8.65. The van der Waals surface area contributed by atoms with Crippen molar-refractivity contribution in [1.82, 2.24) is 0 Å². The standard InChI is InChI=1S/C16H25NO3S/c1-10(2)8-15-16(11(3)4)17-13-9-12(21(5,18)19)6-7-14(13)20-15/h6-7,9-11,15-17H,8H2,1-5H3. The van der Waals surface area contributed by atoms with E-state index in [4.69, 9.17) is 4.74 Å². The van der Waals surface area contributed by atoms with E-state index in [-0.39, 0.29) is 12.1 Å². The van der Waals surface area contributed by atoms with Gasteiger partial charge in [0.1, 0.15) is 11.9 Å². The van der Waals surface area contributed by atoms with Gasteiger partial charge in [-0.1, -0.05) is 27.7 Å². The summed E-state index contributed by atoms with van der Waals surface area (Å²) < 4.78 is 29.5. The number of sulfone groups is 1. The number of anilines is 1. The first kappa shape index (κ1) is 16.1. The molecule has 1 aromatic carbocycles. The van der Waals surface area contributed by atoms with Gasteiger partial charge in [-0.05, 0) is 36.5 Å². The van der Waals surface area contributed by atoms with Gasteiger partial charge in [0.25, 0.3) is 0 Å². The summed E-state index contributed by atoms with van der Waals surface area (Å²) in [6.07, 6.45) is 2.31. The summed E-state index contributed by atoms with van der Waals surface area (Å²) in [6.45, 7) is 8.67. The van der Waals surface area contributed by atoms with Crippen LogP contribution in [0.2, 0.25) is 0 Å². The Morgan fingerprint density at radius 1 is 1.24 bits per heavy atom. The highest BCUT2D eigenvalue weighted by molar-refractivity contribution is 7.90. The quantitative estimate of drug-likeness (QED) is 0.926. The molecular weight excluding hydrogens is 286 g/mol. The zero-order valence-electron chi connectivity index (χ0n) is 13.4. The van der Waals surface area contributed by atoms with Crippen molar-refractivity contribution in [2.45, 2.75) is 51.2 Å². The monoisotopic (exact) mass is 311 g/mol. The second-order valence-electron chi connectivity index (χ2n) is 6.63. The van der Waals surface area contributed by atoms with E-state index >= 15 is 0 Å². The van der Waals surface area contributed by atoms with Crippen LogP contribution in [0.3, 0.4) is 0 Å². The normalized spacial score (nSPS) is 21.9. The van der Waals surface area contributed by atoms with Crippen LogP contribution in [0.5, 0.6) is 5.75 Å². The Morgan fingerprint density at radius 2 is 1.90 bits per heavy atom. The van der Waals surface area contributed by atoms with Crippen molar-refractivity contribution in [3.63, 3.8) is 0 Å². The highest BCUT2D eigenvalue weighted by atomic mass is 32.2. The minimum atomic E-state index is -3.20. The number of ether oxygens (including phenoxy) is 1. The largest absolute Gasteiger partial charge is 0.486 e. The molecule has 1 N–H and O–H groups in total. The molecule has 2 atom stereocenters. The lowest BCUT2D eigenvalue weighted by Crippen LogP contribution is -2.45. The second kappa shape index (κ2) is 5.87. The molecule has 0 saturated carbocycles. The van der Waals surface area contributed by atoms with E-state index < -0.39 is 9.84 Å². The predicted molar refractivity (Wildman–Crippen MR) is 85.7 cm³/mol. The number of fused-ring (bicyclic) bond motifs is 1. The third-order valence-corrected chi connectivity index (χ3v) is 4.91. The van der Waals surface area contributed by atoms with Crippen molar-refractivity contribution >= 4 is 15.5 Å². The van der Waals surface area contributed by atoms with Crippen LogP contribution >= 0.6 is 0 Å². The lowest BCUT2D eigenvalue weighted by molar-refractivity contribution is 0.125. The molecule has 0 aliphatic carbocycles. The summed E-state index contributed by atoms with van der Waals surface area (Å²) in [6, 6.07) is 5.22. The molecule has 5 heteroatoms. The Hall–Kier alpha value is -1.23. The van der Waals surface area contributed by atoms with Gasteiger partial charge in [0.15, 0.2) is 9.84 Å². The van der Waals surface area contributed by atoms with E-state index in [9.17, 15) is 8.42 Å². The van der Waals surface area contributed by atoms with E-state index in [1.54, 1.807) is 18.2 Å². The molecule has 0 spiro atoms. The van der Waals surface area contributed by atoms with Gasteiger partial charge in [0.05, 0.1) is 16.6 Å². The van der Waals surface area contributed by atoms with Crippen LogP contribution in [0.4, 0.5) is 5.69 Å². The van der Waals surface area contributed by atoms with Gasteiger partial charge >= 0.3 is 0 Å². The molecule has 0 radical (unpaired) electrons. The van der Waals surface area contributed by atoms with Crippen molar-refractivity contribution in [3.05, 3.63) is 18.2 Å². The fourth-order valence-corrected chi connectivity index (χ4v) is 3.37.